The van der Waals surface area contributed by atoms with E-state index in [0.29, 0.717) is 24.0 Å². The van der Waals surface area contributed by atoms with Crippen LogP contribution < -0.4 is 16.9 Å². The van der Waals surface area contributed by atoms with E-state index in [1.54, 1.807) is 0 Å². The van der Waals surface area contributed by atoms with Crippen molar-refractivity contribution in [3.05, 3.63) is 90.7 Å². The highest BCUT2D eigenvalue weighted by Gasteiger charge is 2.20. The molecule has 0 spiro atoms. The molecule has 2 N–H and O–H groups in total. The van der Waals surface area contributed by atoms with Crippen LogP contribution in [0.3, 0.4) is 0 Å². The van der Waals surface area contributed by atoms with Crippen LogP contribution in [-0.2, 0) is 6.42 Å². The van der Waals surface area contributed by atoms with E-state index < -0.39 is 22.7 Å². The third kappa shape index (κ3) is 2.73. The number of aromatic amines is 2. The summed E-state index contributed by atoms with van der Waals surface area (Å²) in [6.45, 7) is 0. The maximum absolute atomic E-state index is 13.3. The molecule has 0 fully saturated rings. The molecular formula is C19H13FN2O4. The zero-order valence-corrected chi connectivity index (χ0v) is 13.5. The van der Waals surface area contributed by atoms with E-state index in [0.717, 1.165) is 5.57 Å². The highest BCUT2D eigenvalue weighted by Crippen LogP contribution is 2.27. The molecule has 2 aromatic heterocycles. The van der Waals surface area contributed by atoms with E-state index in [-0.39, 0.29) is 16.7 Å². The standard InChI is InChI=1S/C19H13FN2O4/c20-12-7-5-11(6-8-12)14-13(9-4-10-2-1-3-10)15-16(23)21-19(25)22-17(15)26-18(14)24/h1-3,5-8H,4,9H2,(H2,21,22,23,25). The molecule has 1 aliphatic carbocycles. The lowest BCUT2D eigenvalue weighted by atomic mass is 9.93. The SMILES string of the molecule is O=c1[nH]c(=O)c2c(CCC3=CC=C3)c(-c3ccc(F)cc3)c(=O)oc2[nH]1. The molecule has 4 rings (SSSR count). The first-order valence-corrected chi connectivity index (χ1v) is 7.98. The van der Waals surface area contributed by atoms with Crippen LogP contribution in [0, 0.1) is 5.82 Å². The Hall–Kier alpha value is -3.48. The number of hydrogen-bond acceptors (Lipinski definition) is 4. The van der Waals surface area contributed by atoms with Crippen molar-refractivity contribution in [2.24, 2.45) is 0 Å². The molecule has 0 aliphatic heterocycles. The lowest BCUT2D eigenvalue weighted by molar-refractivity contribution is 0.546. The van der Waals surface area contributed by atoms with Gasteiger partial charge in [0.1, 0.15) is 11.2 Å². The van der Waals surface area contributed by atoms with E-state index in [9.17, 15) is 18.8 Å². The summed E-state index contributed by atoms with van der Waals surface area (Å²) in [4.78, 5) is 41.0. The van der Waals surface area contributed by atoms with Gasteiger partial charge < -0.3 is 4.42 Å². The molecule has 0 saturated heterocycles. The molecule has 1 aromatic carbocycles. The summed E-state index contributed by atoms with van der Waals surface area (Å²) >= 11 is 0. The number of rotatable bonds is 4. The summed E-state index contributed by atoms with van der Waals surface area (Å²) in [6.07, 6.45) is 6.79. The van der Waals surface area contributed by atoms with Crippen LogP contribution >= 0.6 is 0 Å². The van der Waals surface area contributed by atoms with Crippen LogP contribution in [-0.4, -0.2) is 9.97 Å². The normalized spacial score (nSPS) is 12.9. The molecule has 0 radical (unpaired) electrons. The van der Waals surface area contributed by atoms with E-state index in [1.165, 1.54) is 24.3 Å². The fourth-order valence-corrected chi connectivity index (χ4v) is 3.04. The number of halogens is 1. The van der Waals surface area contributed by atoms with Gasteiger partial charge in [-0.25, -0.2) is 14.0 Å². The first kappa shape index (κ1) is 16.0. The molecule has 7 heteroatoms. The second-order valence-electron chi connectivity index (χ2n) is 5.96. The molecule has 130 valence electrons. The Morgan fingerprint density at radius 2 is 1.73 bits per heavy atom. The number of allylic oxidation sites excluding steroid dienone is 4. The van der Waals surface area contributed by atoms with Crippen molar-refractivity contribution in [3.63, 3.8) is 0 Å². The van der Waals surface area contributed by atoms with Crippen molar-refractivity contribution in [1.82, 2.24) is 9.97 Å². The van der Waals surface area contributed by atoms with Gasteiger partial charge in [0, 0.05) is 0 Å². The van der Waals surface area contributed by atoms with E-state index in [1.807, 2.05) is 18.2 Å². The topological polar surface area (TPSA) is 95.9 Å². The summed E-state index contributed by atoms with van der Waals surface area (Å²) < 4.78 is 18.4. The van der Waals surface area contributed by atoms with Gasteiger partial charge >= 0.3 is 11.3 Å². The zero-order valence-electron chi connectivity index (χ0n) is 13.5. The maximum Gasteiger partial charge on any atom is 0.345 e. The molecule has 26 heavy (non-hydrogen) atoms. The summed E-state index contributed by atoms with van der Waals surface area (Å²) in [5, 5.41) is 0.118. The van der Waals surface area contributed by atoms with Gasteiger partial charge in [0.15, 0.2) is 0 Å². The second-order valence-corrected chi connectivity index (χ2v) is 5.96. The lowest BCUT2D eigenvalue weighted by Crippen LogP contribution is -2.25. The molecular weight excluding hydrogens is 339 g/mol. The van der Waals surface area contributed by atoms with Gasteiger partial charge in [-0.3, -0.25) is 14.8 Å². The van der Waals surface area contributed by atoms with Gasteiger partial charge in [-0.2, -0.15) is 0 Å². The van der Waals surface area contributed by atoms with E-state index in [4.69, 9.17) is 4.42 Å². The molecule has 2 heterocycles. The summed E-state index contributed by atoms with van der Waals surface area (Å²) in [5.41, 5.74) is -0.0698. The first-order chi connectivity index (χ1) is 12.5. The molecule has 0 saturated carbocycles. The van der Waals surface area contributed by atoms with Crippen LogP contribution in [0.2, 0.25) is 0 Å². The van der Waals surface area contributed by atoms with Crippen molar-refractivity contribution < 1.29 is 8.81 Å². The largest absolute Gasteiger partial charge is 0.405 e. The smallest absolute Gasteiger partial charge is 0.345 e. The van der Waals surface area contributed by atoms with Gasteiger partial charge in [0.2, 0.25) is 5.71 Å². The fraction of sp³-hybridized carbons (Fsp3) is 0.105. The third-order valence-electron chi connectivity index (χ3n) is 4.33. The first-order valence-electron chi connectivity index (χ1n) is 7.98. The van der Waals surface area contributed by atoms with Crippen LogP contribution in [0.15, 0.2) is 66.9 Å². The number of aromatic nitrogens is 2. The minimum atomic E-state index is -0.754. The highest BCUT2D eigenvalue weighted by atomic mass is 19.1. The molecule has 0 unspecified atom stereocenters. The average molecular weight is 352 g/mol. The number of H-pyrrole nitrogens is 2. The lowest BCUT2D eigenvalue weighted by Gasteiger charge is -2.12. The quantitative estimate of drug-likeness (QED) is 0.754. The van der Waals surface area contributed by atoms with Gasteiger partial charge in [0.05, 0.1) is 5.56 Å². The average Bonchev–Trinajstić information content (AvgIpc) is 2.53. The Labute approximate surface area is 145 Å². The van der Waals surface area contributed by atoms with Crippen LogP contribution in [0.25, 0.3) is 22.2 Å². The second kappa shape index (κ2) is 6.11. The van der Waals surface area contributed by atoms with Crippen molar-refractivity contribution in [1.29, 1.82) is 0 Å². The molecule has 6 nitrogen and oxygen atoms in total. The third-order valence-corrected chi connectivity index (χ3v) is 4.33. The highest BCUT2D eigenvalue weighted by molar-refractivity contribution is 5.84. The Morgan fingerprint density at radius 1 is 1.00 bits per heavy atom. The van der Waals surface area contributed by atoms with Crippen molar-refractivity contribution in [3.8, 4) is 11.1 Å². The number of fused-ring (bicyclic) bond motifs is 1. The van der Waals surface area contributed by atoms with Crippen LogP contribution in [0.4, 0.5) is 4.39 Å². The number of aryl methyl sites for hydroxylation is 1. The summed E-state index contributed by atoms with van der Waals surface area (Å²) in [5.74, 6) is -0.438. The van der Waals surface area contributed by atoms with Crippen molar-refractivity contribution in [2.45, 2.75) is 12.8 Å². The zero-order chi connectivity index (χ0) is 18.3. The number of nitrogens with one attached hydrogen (secondary N) is 2. The van der Waals surface area contributed by atoms with Crippen LogP contribution in [0.1, 0.15) is 12.0 Å². The minimum Gasteiger partial charge on any atom is -0.405 e. The molecule has 0 atom stereocenters. The van der Waals surface area contributed by atoms with Crippen molar-refractivity contribution >= 4 is 11.1 Å². The Bertz CT molecular complexity index is 1240. The minimum absolute atomic E-state index is 0.118. The monoisotopic (exact) mass is 352 g/mol. The number of hydrogen-bond donors (Lipinski definition) is 2. The van der Waals surface area contributed by atoms with Crippen molar-refractivity contribution in [2.75, 3.05) is 0 Å². The summed E-state index contributed by atoms with van der Waals surface area (Å²) in [6, 6.07) is 5.38. The Kier molecular flexibility index (Phi) is 3.76. The predicted octanol–water partition coefficient (Wildman–Crippen LogP) is 2.40. The van der Waals surface area contributed by atoms with Crippen LogP contribution in [0.5, 0.6) is 0 Å². The van der Waals surface area contributed by atoms with Gasteiger partial charge in [-0.1, -0.05) is 30.4 Å². The summed E-state index contributed by atoms with van der Waals surface area (Å²) in [7, 11) is 0. The molecule has 0 bridgehead atoms. The van der Waals surface area contributed by atoms with Gasteiger partial charge in [-0.05, 0) is 41.7 Å². The Balaban J connectivity index is 2.00. The maximum atomic E-state index is 13.3. The fourth-order valence-electron chi connectivity index (χ4n) is 3.04. The number of benzene rings is 1. The molecule has 1 aliphatic rings. The molecule has 3 aromatic rings. The predicted molar refractivity (Wildman–Crippen MR) is 94.7 cm³/mol. The van der Waals surface area contributed by atoms with Gasteiger partial charge in [-0.15, -0.1) is 0 Å². The van der Waals surface area contributed by atoms with E-state index >= 15 is 0 Å². The van der Waals surface area contributed by atoms with E-state index in [2.05, 4.69) is 9.97 Å². The Morgan fingerprint density at radius 3 is 2.38 bits per heavy atom. The van der Waals surface area contributed by atoms with Gasteiger partial charge in [0.25, 0.3) is 5.56 Å². The molecule has 0 amide bonds.